The molecule has 1 aliphatic heterocycles. The zero-order valence-electron chi connectivity index (χ0n) is 16.2. The molecular formula is C21H24N2O5. The average Bonchev–Trinajstić information content (AvgIpc) is 2.69. The Bertz CT molecular complexity index is 879. The molecule has 1 heterocycles. The highest BCUT2D eigenvalue weighted by molar-refractivity contribution is 5.96. The van der Waals surface area contributed by atoms with Crippen molar-refractivity contribution in [1.29, 1.82) is 0 Å². The Labute approximate surface area is 164 Å². The molecule has 0 fully saturated rings. The largest absolute Gasteiger partial charge is 0.486 e. The minimum Gasteiger partial charge on any atom is -0.486 e. The second-order valence-corrected chi connectivity index (χ2v) is 6.85. The van der Waals surface area contributed by atoms with Crippen LogP contribution in [-0.2, 0) is 4.79 Å². The van der Waals surface area contributed by atoms with Gasteiger partial charge in [0.15, 0.2) is 18.1 Å². The van der Waals surface area contributed by atoms with Crippen LogP contribution in [0, 0.1) is 6.92 Å². The molecule has 7 heteroatoms. The summed E-state index contributed by atoms with van der Waals surface area (Å²) in [7, 11) is 0. The van der Waals surface area contributed by atoms with Crippen molar-refractivity contribution in [2.24, 2.45) is 0 Å². The molecule has 3 rings (SSSR count). The number of hydrogen-bond acceptors (Lipinski definition) is 5. The third-order valence-electron chi connectivity index (χ3n) is 4.27. The zero-order chi connectivity index (χ0) is 20.1. The number of ether oxygens (including phenoxy) is 3. The van der Waals surface area contributed by atoms with E-state index in [9.17, 15) is 9.59 Å². The quantitative estimate of drug-likeness (QED) is 0.774. The first-order valence-electron chi connectivity index (χ1n) is 9.16. The summed E-state index contributed by atoms with van der Waals surface area (Å²) >= 11 is 0. The summed E-state index contributed by atoms with van der Waals surface area (Å²) in [5, 5.41) is 0. The zero-order valence-corrected chi connectivity index (χ0v) is 16.2. The lowest BCUT2D eigenvalue weighted by Gasteiger charge is -2.18. The van der Waals surface area contributed by atoms with Crippen molar-refractivity contribution < 1.29 is 23.8 Å². The maximum Gasteiger partial charge on any atom is 0.276 e. The van der Waals surface area contributed by atoms with E-state index in [2.05, 4.69) is 24.7 Å². The van der Waals surface area contributed by atoms with Crippen LogP contribution in [0.2, 0.25) is 0 Å². The predicted molar refractivity (Wildman–Crippen MR) is 104 cm³/mol. The minimum absolute atomic E-state index is 0.204. The van der Waals surface area contributed by atoms with E-state index in [1.807, 2.05) is 25.1 Å². The van der Waals surface area contributed by atoms with Gasteiger partial charge in [0, 0.05) is 5.56 Å². The van der Waals surface area contributed by atoms with Crippen LogP contribution >= 0.6 is 0 Å². The highest BCUT2D eigenvalue weighted by atomic mass is 16.6. The highest BCUT2D eigenvalue weighted by Crippen LogP contribution is 2.30. The Kier molecular flexibility index (Phi) is 6.03. The second kappa shape index (κ2) is 8.65. The van der Waals surface area contributed by atoms with Gasteiger partial charge in [-0.25, -0.2) is 0 Å². The van der Waals surface area contributed by atoms with E-state index in [4.69, 9.17) is 14.2 Å². The number of aryl methyl sites for hydroxylation is 1. The molecule has 0 saturated heterocycles. The number of hydrogen-bond donors (Lipinski definition) is 2. The fourth-order valence-electron chi connectivity index (χ4n) is 2.81. The monoisotopic (exact) mass is 384 g/mol. The Morgan fingerprint density at radius 1 is 1.04 bits per heavy atom. The third-order valence-corrected chi connectivity index (χ3v) is 4.27. The molecule has 0 bridgehead atoms. The van der Waals surface area contributed by atoms with Gasteiger partial charge in [-0.1, -0.05) is 26.0 Å². The van der Waals surface area contributed by atoms with Crippen LogP contribution < -0.4 is 25.1 Å². The lowest BCUT2D eigenvalue weighted by Crippen LogP contribution is -2.43. The lowest BCUT2D eigenvalue weighted by molar-refractivity contribution is -0.123. The van der Waals surface area contributed by atoms with Gasteiger partial charge >= 0.3 is 0 Å². The molecule has 0 aromatic heterocycles. The molecular weight excluding hydrogens is 360 g/mol. The van der Waals surface area contributed by atoms with Crippen molar-refractivity contribution in [1.82, 2.24) is 10.9 Å². The molecule has 0 unspecified atom stereocenters. The maximum absolute atomic E-state index is 12.2. The molecule has 2 N–H and O–H groups in total. The minimum atomic E-state index is -0.456. The number of nitrogens with one attached hydrogen (secondary N) is 2. The standard InChI is InChI=1S/C21H24N2O5/c1-13(2)16-6-4-14(3)10-18(16)28-12-20(24)22-23-21(25)15-5-7-17-19(11-15)27-9-8-26-17/h4-7,10-11,13H,8-9,12H2,1-3H3,(H,22,24)(H,23,25). The van der Waals surface area contributed by atoms with E-state index >= 15 is 0 Å². The normalized spacial score (nSPS) is 12.4. The molecule has 7 nitrogen and oxygen atoms in total. The summed E-state index contributed by atoms with van der Waals surface area (Å²) in [5.74, 6) is 1.14. The van der Waals surface area contributed by atoms with Crippen LogP contribution in [0.4, 0.5) is 0 Å². The first kappa shape index (κ1) is 19.5. The smallest absolute Gasteiger partial charge is 0.276 e. The van der Waals surface area contributed by atoms with Gasteiger partial charge in [-0.15, -0.1) is 0 Å². The van der Waals surface area contributed by atoms with Crippen molar-refractivity contribution in [3.05, 3.63) is 53.1 Å². The summed E-state index contributed by atoms with van der Waals surface area (Å²) in [4.78, 5) is 24.3. The van der Waals surface area contributed by atoms with E-state index in [1.165, 1.54) is 0 Å². The van der Waals surface area contributed by atoms with Crippen LogP contribution in [0.25, 0.3) is 0 Å². The number of hydrazine groups is 1. The lowest BCUT2D eigenvalue weighted by atomic mass is 10.0. The SMILES string of the molecule is Cc1ccc(C(C)C)c(OCC(=O)NNC(=O)c2ccc3c(c2)OCCO3)c1. The molecule has 1 aliphatic rings. The summed E-state index contributed by atoms with van der Waals surface area (Å²) in [6, 6.07) is 10.8. The molecule has 2 aromatic rings. The van der Waals surface area contributed by atoms with Gasteiger partial charge in [-0.2, -0.15) is 0 Å². The van der Waals surface area contributed by atoms with E-state index in [-0.39, 0.29) is 12.5 Å². The topological polar surface area (TPSA) is 85.9 Å². The van der Waals surface area contributed by atoms with Gasteiger partial charge in [0.25, 0.3) is 11.8 Å². The Morgan fingerprint density at radius 3 is 2.54 bits per heavy atom. The summed E-state index contributed by atoms with van der Waals surface area (Å²) in [5.41, 5.74) is 7.16. The van der Waals surface area contributed by atoms with Crippen LogP contribution in [0.3, 0.4) is 0 Å². The number of carbonyl (C=O) groups excluding carboxylic acids is 2. The second-order valence-electron chi connectivity index (χ2n) is 6.85. The Hall–Kier alpha value is -3.22. The van der Waals surface area contributed by atoms with Crippen molar-refractivity contribution in [2.45, 2.75) is 26.7 Å². The van der Waals surface area contributed by atoms with Gasteiger partial charge in [-0.3, -0.25) is 20.4 Å². The summed E-state index contributed by atoms with van der Waals surface area (Å²) in [6.45, 7) is 6.79. The predicted octanol–water partition coefficient (Wildman–Crippen LogP) is 2.73. The van der Waals surface area contributed by atoms with Crippen molar-refractivity contribution in [2.75, 3.05) is 19.8 Å². The molecule has 0 radical (unpaired) electrons. The van der Waals surface area contributed by atoms with Gasteiger partial charge in [-0.05, 0) is 48.2 Å². The third kappa shape index (κ3) is 4.73. The van der Waals surface area contributed by atoms with Crippen molar-refractivity contribution in [3.63, 3.8) is 0 Å². The van der Waals surface area contributed by atoms with Crippen LogP contribution in [0.1, 0.15) is 41.3 Å². The van der Waals surface area contributed by atoms with Gasteiger partial charge < -0.3 is 14.2 Å². The fraction of sp³-hybridized carbons (Fsp3) is 0.333. The molecule has 2 aromatic carbocycles. The number of fused-ring (bicyclic) bond motifs is 1. The molecule has 0 spiro atoms. The Morgan fingerprint density at radius 2 is 1.79 bits per heavy atom. The summed E-state index contributed by atoms with van der Waals surface area (Å²) < 4.78 is 16.5. The van der Waals surface area contributed by atoms with Gasteiger partial charge in [0.1, 0.15) is 19.0 Å². The highest BCUT2D eigenvalue weighted by Gasteiger charge is 2.16. The Balaban J connectivity index is 1.53. The molecule has 2 amide bonds. The maximum atomic E-state index is 12.2. The molecule has 148 valence electrons. The average molecular weight is 384 g/mol. The van der Waals surface area contributed by atoms with E-state index in [0.29, 0.717) is 36.0 Å². The fourth-order valence-corrected chi connectivity index (χ4v) is 2.81. The molecule has 0 atom stereocenters. The van der Waals surface area contributed by atoms with Gasteiger partial charge in [0.2, 0.25) is 0 Å². The molecule has 0 aliphatic carbocycles. The molecule has 0 saturated carbocycles. The van der Waals surface area contributed by atoms with Crippen LogP contribution in [-0.4, -0.2) is 31.6 Å². The first-order valence-corrected chi connectivity index (χ1v) is 9.16. The van der Waals surface area contributed by atoms with E-state index in [0.717, 1.165) is 11.1 Å². The van der Waals surface area contributed by atoms with E-state index < -0.39 is 11.8 Å². The number of amides is 2. The van der Waals surface area contributed by atoms with Crippen molar-refractivity contribution >= 4 is 11.8 Å². The number of rotatable bonds is 5. The summed E-state index contributed by atoms with van der Waals surface area (Å²) in [6.07, 6.45) is 0. The van der Waals surface area contributed by atoms with Gasteiger partial charge in [0.05, 0.1) is 0 Å². The van der Waals surface area contributed by atoms with Crippen LogP contribution in [0.15, 0.2) is 36.4 Å². The van der Waals surface area contributed by atoms with Crippen LogP contribution in [0.5, 0.6) is 17.2 Å². The molecule has 28 heavy (non-hydrogen) atoms. The first-order chi connectivity index (χ1) is 13.4. The van der Waals surface area contributed by atoms with Crippen molar-refractivity contribution in [3.8, 4) is 17.2 Å². The van der Waals surface area contributed by atoms with E-state index in [1.54, 1.807) is 18.2 Å². The number of benzene rings is 2. The number of carbonyl (C=O) groups is 2.